The summed E-state index contributed by atoms with van der Waals surface area (Å²) >= 11 is 1.60. The molecule has 0 amide bonds. The van der Waals surface area contributed by atoms with E-state index < -0.39 is 10.0 Å². The summed E-state index contributed by atoms with van der Waals surface area (Å²) in [4.78, 5) is 3.14. The predicted octanol–water partition coefficient (Wildman–Crippen LogP) is 2.35. The smallest absolute Gasteiger partial charge is 0.244 e. The Labute approximate surface area is 147 Å². The lowest BCUT2D eigenvalue weighted by Gasteiger charge is -2.23. The molecular formula is C16H22N2O4S2. The van der Waals surface area contributed by atoms with E-state index in [1.165, 1.54) is 20.3 Å². The summed E-state index contributed by atoms with van der Waals surface area (Å²) in [5.74, 6) is 0.736. The summed E-state index contributed by atoms with van der Waals surface area (Å²) in [6.45, 7) is 0.260. The van der Waals surface area contributed by atoms with Crippen molar-refractivity contribution in [3.8, 4) is 11.5 Å². The van der Waals surface area contributed by atoms with Gasteiger partial charge in [-0.25, -0.2) is 13.1 Å². The maximum absolute atomic E-state index is 12.7. The number of rotatable bonds is 8. The van der Waals surface area contributed by atoms with Gasteiger partial charge in [0.05, 0.1) is 20.3 Å². The fraction of sp³-hybridized carbons (Fsp3) is 0.375. The maximum atomic E-state index is 12.7. The Hall–Kier alpha value is -1.61. The lowest BCUT2D eigenvalue weighted by atomic mass is 10.2. The molecule has 8 heteroatoms. The van der Waals surface area contributed by atoms with Gasteiger partial charge in [-0.1, -0.05) is 6.07 Å². The number of likely N-dealkylation sites (N-methyl/N-ethyl adjacent to an activating group) is 1. The molecule has 1 aromatic heterocycles. The van der Waals surface area contributed by atoms with Crippen LogP contribution >= 0.6 is 11.3 Å². The molecule has 1 heterocycles. The standard InChI is InChI=1S/C16H22N2O4S2/c1-18(2)13(15-6-5-9-23-15)11-17-24(19,20)16-10-12(21-3)7-8-14(16)22-4/h5-10,13,17H,11H2,1-4H3. The molecule has 0 aliphatic carbocycles. The van der Waals surface area contributed by atoms with Gasteiger partial charge in [-0.2, -0.15) is 0 Å². The van der Waals surface area contributed by atoms with Crippen molar-refractivity contribution >= 4 is 21.4 Å². The van der Waals surface area contributed by atoms with E-state index in [0.29, 0.717) is 5.75 Å². The molecule has 0 saturated heterocycles. The van der Waals surface area contributed by atoms with Gasteiger partial charge >= 0.3 is 0 Å². The summed E-state index contributed by atoms with van der Waals surface area (Å²) in [6.07, 6.45) is 0. The van der Waals surface area contributed by atoms with Crippen molar-refractivity contribution in [2.24, 2.45) is 0 Å². The molecule has 0 spiro atoms. The van der Waals surface area contributed by atoms with Crippen LogP contribution in [0.25, 0.3) is 0 Å². The molecule has 0 aliphatic rings. The van der Waals surface area contributed by atoms with Gasteiger partial charge in [0.2, 0.25) is 10.0 Å². The van der Waals surface area contributed by atoms with Crippen molar-refractivity contribution < 1.29 is 17.9 Å². The number of hydrogen-bond acceptors (Lipinski definition) is 6. The number of methoxy groups -OCH3 is 2. The van der Waals surface area contributed by atoms with Gasteiger partial charge < -0.3 is 14.4 Å². The van der Waals surface area contributed by atoms with Crippen molar-refractivity contribution in [1.82, 2.24) is 9.62 Å². The SMILES string of the molecule is COc1ccc(OC)c(S(=O)(=O)NCC(c2cccs2)N(C)C)c1. The quantitative estimate of drug-likeness (QED) is 0.773. The third-order valence-corrected chi connectivity index (χ3v) is 6.04. The molecule has 1 atom stereocenters. The molecule has 1 N–H and O–H groups in total. The maximum Gasteiger partial charge on any atom is 0.244 e. The molecule has 0 radical (unpaired) electrons. The number of thiophene rings is 1. The predicted molar refractivity (Wildman–Crippen MR) is 95.5 cm³/mol. The molecule has 1 unspecified atom stereocenters. The van der Waals surface area contributed by atoms with E-state index >= 15 is 0 Å². The number of hydrogen-bond donors (Lipinski definition) is 1. The first-order valence-corrected chi connectivity index (χ1v) is 9.67. The van der Waals surface area contributed by atoms with Crippen LogP contribution in [0.15, 0.2) is 40.6 Å². The minimum atomic E-state index is -3.73. The lowest BCUT2D eigenvalue weighted by molar-refractivity contribution is 0.303. The number of sulfonamides is 1. The second-order valence-electron chi connectivity index (χ2n) is 5.36. The molecule has 2 aromatic rings. The highest BCUT2D eigenvalue weighted by molar-refractivity contribution is 7.89. The van der Waals surface area contributed by atoms with Gasteiger partial charge in [0.15, 0.2) is 0 Å². The van der Waals surface area contributed by atoms with Crippen molar-refractivity contribution in [3.63, 3.8) is 0 Å². The Kier molecular flexibility index (Phi) is 6.22. The first-order valence-electron chi connectivity index (χ1n) is 7.30. The van der Waals surface area contributed by atoms with Crippen LogP contribution < -0.4 is 14.2 Å². The first-order chi connectivity index (χ1) is 11.4. The molecule has 0 bridgehead atoms. The Balaban J connectivity index is 2.25. The van der Waals surface area contributed by atoms with Crippen LogP contribution in [-0.2, 0) is 10.0 Å². The van der Waals surface area contributed by atoms with E-state index in [-0.39, 0.29) is 23.2 Å². The van der Waals surface area contributed by atoms with Gasteiger partial charge in [0, 0.05) is 17.5 Å². The van der Waals surface area contributed by atoms with Crippen LogP contribution in [0.5, 0.6) is 11.5 Å². The van der Waals surface area contributed by atoms with Gasteiger partial charge in [0.1, 0.15) is 16.4 Å². The summed E-state index contributed by atoms with van der Waals surface area (Å²) in [7, 11) is 3.04. The van der Waals surface area contributed by atoms with Crippen LogP contribution in [0.2, 0.25) is 0 Å². The molecule has 0 saturated carbocycles. The van der Waals surface area contributed by atoms with Gasteiger partial charge in [-0.05, 0) is 37.7 Å². The third kappa shape index (κ3) is 4.27. The number of nitrogens with one attached hydrogen (secondary N) is 1. The minimum Gasteiger partial charge on any atom is -0.497 e. The number of nitrogens with zero attached hydrogens (tertiary/aromatic N) is 1. The highest BCUT2D eigenvalue weighted by Crippen LogP contribution is 2.29. The summed E-state index contributed by atoms with van der Waals surface area (Å²) in [5, 5.41) is 1.98. The Bertz CT molecular complexity index is 758. The Morgan fingerprint density at radius 2 is 1.96 bits per heavy atom. The molecule has 24 heavy (non-hydrogen) atoms. The van der Waals surface area contributed by atoms with Gasteiger partial charge in [-0.3, -0.25) is 0 Å². The van der Waals surface area contributed by atoms with Gasteiger partial charge in [0.25, 0.3) is 0 Å². The fourth-order valence-corrected chi connectivity index (χ4v) is 4.42. The van der Waals surface area contributed by atoms with E-state index in [9.17, 15) is 8.42 Å². The van der Waals surface area contributed by atoms with E-state index in [2.05, 4.69) is 4.72 Å². The molecular weight excluding hydrogens is 348 g/mol. The second kappa shape index (κ2) is 7.98. The summed E-state index contributed by atoms with van der Waals surface area (Å²) in [6, 6.07) is 8.60. The Morgan fingerprint density at radius 3 is 2.50 bits per heavy atom. The largest absolute Gasteiger partial charge is 0.497 e. The molecule has 0 fully saturated rings. The minimum absolute atomic E-state index is 0.0450. The normalized spacial score (nSPS) is 13.0. The summed E-state index contributed by atoms with van der Waals surface area (Å²) in [5.41, 5.74) is 0. The van der Waals surface area contributed by atoms with Crippen LogP contribution in [0.4, 0.5) is 0 Å². The molecule has 1 aromatic carbocycles. The number of ether oxygens (including phenoxy) is 2. The zero-order valence-corrected chi connectivity index (χ0v) is 15.8. The lowest BCUT2D eigenvalue weighted by Crippen LogP contribution is -2.34. The Morgan fingerprint density at radius 1 is 1.21 bits per heavy atom. The first kappa shape index (κ1) is 18.7. The summed E-state index contributed by atoms with van der Waals surface area (Å²) < 4.78 is 38.4. The van der Waals surface area contributed by atoms with E-state index in [1.807, 2.05) is 36.5 Å². The van der Waals surface area contributed by atoms with E-state index in [4.69, 9.17) is 9.47 Å². The monoisotopic (exact) mass is 370 g/mol. The molecule has 132 valence electrons. The van der Waals surface area contributed by atoms with E-state index in [1.54, 1.807) is 23.5 Å². The van der Waals surface area contributed by atoms with Crippen molar-refractivity contribution in [2.45, 2.75) is 10.9 Å². The zero-order valence-electron chi connectivity index (χ0n) is 14.1. The van der Waals surface area contributed by atoms with Crippen LogP contribution in [0, 0.1) is 0 Å². The van der Waals surface area contributed by atoms with Crippen LogP contribution in [0.3, 0.4) is 0 Å². The van der Waals surface area contributed by atoms with Crippen molar-refractivity contribution in [3.05, 3.63) is 40.6 Å². The highest BCUT2D eigenvalue weighted by atomic mass is 32.2. The highest BCUT2D eigenvalue weighted by Gasteiger charge is 2.23. The second-order valence-corrected chi connectivity index (χ2v) is 8.08. The number of benzene rings is 1. The van der Waals surface area contributed by atoms with Gasteiger partial charge in [-0.15, -0.1) is 11.3 Å². The molecule has 6 nitrogen and oxygen atoms in total. The van der Waals surface area contributed by atoms with Crippen molar-refractivity contribution in [1.29, 1.82) is 0 Å². The van der Waals surface area contributed by atoms with Crippen LogP contribution in [0.1, 0.15) is 10.9 Å². The molecule has 2 rings (SSSR count). The average molecular weight is 370 g/mol. The fourth-order valence-electron chi connectivity index (χ4n) is 2.28. The van der Waals surface area contributed by atoms with Crippen LogP contribution in [-0.4, -0.2) is 48.2 Å². The topological polar surface area (TPSA) is 67.9 Å². The van der Waals surface area contributed by atoms with E-state index in [0.717, 1.165) is 4.88 Å². The zero-order chi connectivity index (χ0) is 17.7. The third-order valence-electron chi connectivity index (χ3n) is 3.62. The average Bonchev–Trinajstić information content (AvgIpc) is 3.08. The molecule has 0 aliphatic heterocycles. The van der Waals surface area contributed by atoms with Crippen molar-refractivity contribution in [2.75, 3.05) is 34.9 Å².